The summed E-state index contributed by atoms with van der Waals surface area (Å²) in [5, 5.41) is 9.89. The molecule has 0 radical (unpaired) electrons. The second-order valence-corrected chi connectivity index (χ2v) is 8.23. The molecule has 0 saturated carbocycles. The molecule has 0 bridgehead atoms. The Morgan fingerprint density at radius 1 is 0.512 bits per heavy atom. The summed E-state index contributed by atoms with van der Waals surface area (Å²) >= 11 is 0. The molecule has 0 spiro atoms. The molecule has 0 aliphatic heterocycles. The molecule has 1 rings (SSSR count). The molecule has 0 fully saturated rings. The lowest BCUT2D eigenvalue weighted by Gasteiger charge is -2.36. The van der Waals surface area contributed by atoms with Crippen LogP contribution in [-0.2, 0) is 17.8 Å². The standard InChI is InChI=1S/C19H11F21O/c1-2-3-9(41)10-7(12(22,23)15(28,29)18(35,36)37)4-6(11(20,21)14(26,27)17(32,33)34)5-8(10)13(24,25)16(30,31)19(38,39)40/h4-5,9,41H,2-3H2,1H3. The van der Waals surface area contributed by atoms with Crippen molar-refractivity contribution in [2.45, 2.75) is 79.9 Å². The predicted molar refractivity (Wildman–Crippen MR) is 91.0 cm³/mol. The van der Waals surface area contributed by atoms with Gasteiger partial charge in [0.2, 0.25) is 0 Å². The van der Waals surface area contributed by atoms with Gasteiger partial charge in [0, 0.05) is 16.7 Å². The fraction of sp³-hybridized carbons (Fsp3) is 0.684. The summed E-state index contributed by atoms with van der Waals surface area (Å²) in [7, 11) is 0. The van der Waals surface area contributed by atoms with Gasteiger partial charge in [-0.3, -0.25) is 0 Å². The van der Waals surface area contributed by atoms with Gasteiger partial charge < -0.3 is 5.11 Å². The quantitative estimate of drug-likeness (QED) is 0.263. The minimum Gasteiger partial charge on any atom is -0.388 e. The van der Waals surface area contributed by atoms with Crippen molar-refractivity contribution in [1.29, 1.82) is 0 Å². The van der Waals surface area contributed by atoms with Crippen LogP contribution in [0.25, 0.3) is 0 Å². The topological polar surface area (TPSA) is 20.2 Å². The fourth-order valence-electron chi connectivity index (χ4n) is 3.18. The van der Waals surface area contributed by atoms with Crippen molar-refractivity contribution in [3.63, 3.8) is 0 Å². The Morgan fingerprint density at radius 2 is 0.780 bits per heavy atom. The predicted octanol–water partition coefficient (Wildman–Crippen LogP) is 9.39. The van der Waals surface area contributed by atoms with E-state index in [-0.39, 0.29) is 0 Å². The summed E-state index contributed by atoms with van der Waals surface area (Å²) in [5.41, 5.74) is -14.6. The lowest BCUT2D eigenvalue weighted by Crippen LogP contribution is -2.53. The second kappa shape index (κ2) is 10.2. The lowest BCUT2D eigenvalue weighted by molar-refractivity contribution is -0.363. The molecule has 0 aliphatic carbocycles. The third-order valence-corrected chi connectivity index (χ3v) is 5.37. The molecule has 0 saturated heterocycles. The number of hydrogen-bond donors (Lipinski definition) is 1. The zero-order valence-electron chi connectivity index (χ0n) is 19.0. The molecular weight excluding hydrogens is 643 g/mol. The zero-order chi connectivity index (χ0) is 33.2. The Bertz CT molecular complexity index is 1030. The summed E-state index contributed by atoms with van der Waals surface area (Å²) in [5.74, 6) is -45.0. The highest BCUT2D eigenvalue weighted by molar-refractivity contribution is 5.49. The molecule has 0 aromatic heterocycles. The third-order valence-electron chi connectivity index (χ3n) is 5.37. The number of halogens is 21. The summed E-state index contributed by atoms with van der Waals surface area (Å²) in [6, 6.07) is -3.59. The molecule has 1 aromatic carbocycles. The van der Waals surface area contributed by atoms with Crippen LogP contribution >= 0.6 is 0 Å². The highest BCUT2D eigenvalue weighted by atomic mass is 19.4. The van der Waals surface area contributed by atoms with E-state index in [4.69, 9.17) is 0 Å². The van der Waals surface area contributed by atoms with Crippen molar-refractivity contribution in [1.82, 2.24) is 0 Å². The monoisotopic (exact) mass is 654 g/mol. The number of aliphatic hydroxyl groups excluding tert-OH is 1. The minimum atomic E-state index is -7.68. The molecule has 0 amide bonds. The largest absolute Gasteiger partial charge is 0.460 e. The van der Waals surface area contributed by atoms with Gasteiger partial charge in [0.15, 0.2) is 0 Å². The molecular formula is C19H11F21O. The zero-order valence-corrected chi connectivity index (χ0v) is 19.0. The van der Waals surface area contributed by atoms with E-state index < -0.39 is 107 Å². The molecule has 1 aromatic rings. The van der Waals surface area contributed by atoms with Crippen molar-refractivity contribution in [2.24, 2.45) is 0 Å². The lowest BCUT2D eigenvalue weighted by atomic mass is 9.81. The number of benzene rings is 1. The Hall–Kier alpha value is -2.29. The van der Waals surface area contributed by atoms with Gasteiger partial charge in [-0.25, -0.2) is 0 Å². The molecule has 1 unspecified atom stereocenters. The van der Waals surface area contributed by atoms with Crippen molar-refractivity contribution >= 4 is 0 Å². The maximum atomic E-state index is 14.6. The molecule has 41 heavy (non-hydrogen) atoms. The fourth-order valence-corrected chi connectivity index (χ4v) is 3.18. The van der Waals surface area contributed by atoms with Crippen molar-refractivity contribution in [3.8, 4) is 0 Å². The smallest absolute Gasteiger partial charge is 0.388 e. The van der Waals surface area contributed by atoms with E-state index in [2.05, 4.69) is 0 Å². The van der Waals surface area contributed by atoms with E-state index in [1.165, 1.54) is 0 Å². The first kappa shape index (κ1) is 36.7. The molecule has 0 aliphatic rings. The van der Waals surface area contributed by atoms with Gasteiger partial charge in [-0.15, -0.1) is 0 Å². The first-order valence-corrected chi connectivity index (χ1v) is 10.0. The van der Waals surface area contributed by atoms with Crippen LogP contribution in [0.4, 0.5) is 92.2 Å². The number of hydrogen-bond acceptors (Lipinski definition) is 1. The van der Waals surface area contributed by atoms with Gasteiger partial charge >= 0.3 is 54.1 Å². The first-order chi connectivity index (χ1) is 17.7. The molecule has 1 N–H and O–H groups in total. The van der Waals surface area contributed by atoms with Crippen LogP contribution in [0.1, 0.15) is 48.1 Å². The Morgan fingerprint density at radius 3 is 1.02 bits per heavy atom. The van der Waals surface area contributed by atoms with Gasteiger partial charge in [-0.05, 0) is 24.1 Å². The van der Waals surface area contributed by atoms with Gasteiger partial charge in [-0.2, -0.15) is 92.2 Å². The van der Waals surface area contributed by atoms with E-state index in [1.54, 1.807) is 0 Å². The average Bonchev–Trinajstić information content (AvgIpc) is 2.75. The van der Waals surface area contributed by atoms with Crippen LogP contribution in [0.3, 0.4) is 0 Å². The molecule has 0 heterocycles. The Labute approximate surface area is 212 Å². The van der Waals surface area contributed by atoms with E-state index in [9.17, 15) is 97.3 Å². The minimum absolute atomic E-state index is 0.771. The van der Waals surface area contributed by atoms with Crippen LogP contribution in [0.15, 0.2) is 12.1 Å². The molecule has 240 valence electrons. The summed E-state index contributed by atoms with van der Waals surface area (Å²) < 4.78 is 283. The van der Waals surface area contributed by atoms with Crippen molar-refractivity contribution < 1.29 is 97.3 Å². The number of aliphatic hydroxyl groups is 1. The van der Waals surface area contributed by atoms with Crippen LogP contribution in [0.2, 0.25) is 0 Å². The Balaban J connectivity index is 4.64. The van der Waals surface area contributed by atoms with E-state index in [1.807, 2.05) is 0 Å². The summed E-state index contributed by atoms with van der Waals surface area (Å²) in [4.78, 5) is 0. The Kier molecular flexibility index (Phi) is 9.11. The maximum Gasteiger partial charge on any atom is 0.460 e. The highest BCUT2D eigenvalue weighted by Gasteiger charge is 2.78. The van der Waals surface area contributed by atoms with Crippen LogP contribution < -0.4 is 0 Å². The van der Waals surface area contributed by atoms with Crippen LogP contribution in [0, 0.1) is 0 Å². The maximum absolute atomic E-state index is 14.6. The van der Waals surface area contributed by atoms with Gasteiger partial charge in [0.05, 0.1) is 6.10 Å². The van der Waals surface area contributed by atoms with E-state index in [0.717, 1.165) is 6.92 Å². The average molecular weight is 654 g/mol. The highest BCUT2D eigenvalue weighted by Crippen LogP contribution is 2.60. The SMILES string of the molecule is CCCC(O)c1c(C(F)(F)C(F)(F)C(F)(F)F)cc(C(F)(F)C(F)(F)C(F)(F)F)cc1C(F)(F)C(F)(F)C(F)(F)F. The van der Waals surface area contributed by atoms with Crippen molar-refractivity contribution in [2.75, 3.05) is 0 Å². The molecule has 1 nitrogen and oxygen atoms in total. The molecule has 1 atom stereocenters. The molecule has 22 heteroatoms. The van der Waals surface area contributed by atoms with Gasteiger partial charge in [-0.1, -0.05) is 13.3 Å². The first-order valence-electron chi connectivity index (χ1n) is 10.0. The number of rotatable bonds is 9. The van der Waals surface area contributed by atoms with Crippen molar-refractivity contribution in [3.05, 3.63) is 34.4 Å². The van der Waals surface area contributed by atoms with E-state index in [0.29, 0.717) is 0 Å². The van der Waals surface area contributed by atoms with E-state index >= 15 is 0 Å². The normalized spacial score (nSPS) is 16.3. The summed E-state index contributed by atoms with van der Waals surface area (Å²) in [6.45, 7) is 0.819. The van der Waals surface area contributed by atoms with Gasteiger partial charge in [0.25, 0.3) is 0 Å². The van der Waals surface area contributed by atoms with Gasteiger partial charge in [0.1, 0.15) is 0 Å². The second-order valence-electron chi connectivity index (χ2n) is 8.23. The summed E-state index contributed by atoms with van der Waals surface area (Å²) in [6.07, 6.45) is -28.3. The third kappa shape index (κ3) is 5.59. The van der Waals surface area contributed by atoms with Crippen LogP contribution in [-0.4, -0.2) is 41.4 Å². The van der Waals surface area contributed by atoms with Crippen LogP contribution in [0.5, 0.6) is 0 Å². The number of alkyl halides is 21.